The van der Waals surface area contributed by atoms with E-state index in [2.05, 4.69) is 26.8 Å². The number of aromatic nitrogens is 2. The number of likely N-dealkylation sites (tertiary alicyclic amines) is 1. The first-order chi connectivity index (χ1) is 19.3. The molecule has 1 aromatic heterocycles. The molecule has 0 spiro atoms. The van der Waals surface area contributed by atoms with Gasteiger partial charge in [0.15, 0.2) is 5.82 Å². The summed E-state index contributed by atoms with van der Waals surface area (Å²) in [4.78, 5) is 44.0. The van der Waals surface area contributed by atoms with Gasteiger partial charge in [0.2, 0.25) is 5.91 Å². The number of carbonyl (C=O) groups is 2. The number of hydrogen-bond acceptors (Lipinski definition) is 7. The van der Waals surface area contributed by atoms with Gasteiger partial charge in [-0.3, -0.25) is 9.59 Å². The van der Waals surface area contributed by atoms with E-state index in [-0.39, 0.29) is 35.9 Å². The molecule has 212 valence electrons. The lowest BCUT2D eigenvalue weighted by Crippen LogP contribution is -2.51. The molecule has 1 aliphatic carbocycles. The van der Waals surface area contributed by atoms with Crippen molar-refractivity contribution in [1.82, 2.24) is 25.1 Å². The standard InChI is InChI=1S/C30H38FN7O2/c1-5-36(18(2)3)29(39)24-13-20(31)6-7-25(24)38-11-10-37(28-26(38)15-32-17-33-28)22-8-9-35(16-22)30(40)27-23-14-21(34-27)12-19(23)4/h6-7,13,15,17-18,21-23,27,34H,4-5,8-12,14,16H2,1-3H3/t21?,22-,23-,27+/m1/s1. The van der Waals surface area contributed by atoms with Gasteiger partial charge in [0, 0.05) is 56.8 Å². The Bertz CT molecular complexity index is 1330. The van der Waals surface area contributed by atoms with Crippen molar-refractivity contribution in [1.29, 1.82) is 0 Å². The van der Waals surface area contributed by atoms with Crippen LogP contribution in [0.3, 0.4) is 0 Å². The van der Waals surface area contributed by atoms with Gasteiger partial charge in [-0.2, -0.15) is 0 Å². The molecule has 6 rings (SSSR count). The Morgan fingerprint density at radius 2 is 2.05 bits per heavy atom. The number of anilines is 3. The Labute approximate surface area is 235 Å². The summed E-state index contributed by atoms with van der Waals surface area (Å²) in [5, 5.41) is 3.52. The summed E-state index contributed by atoms with van der Waals surface area (Å²) in [6, 6.07) is 4.75. The first-order valence-electron chi connectivity index (χ1n) is 14.4. The largest absolute Gasteiger partial charge is 0.348 e. The number of halogens is 1. The summed E-state index contributed by atoms with van der Waals surface area (Å²) >= 11 is 0. The first kappa shape index (κ1) is 26.7. The molecule has 3 fully saturated rings. The van der Waals surface area contributed by atoms with Gasteiger partial charge in [0.1, 0.15) is 17.8 Å². The second-order valence-corrected chi connectivity index (χ2v) is 11.7. The molecule has 2 bridgehead atoms. The number of carbonyl (C=O) groups excluding carboxylic acids is 2. The van der Waals surface area contributed by atoms with Gasteiger partial charge in [0.05, 0.1) is 23.5 Å². The molecule has 9 nitrogen and oxygen atoms in total. The molecule has 10 heteroatoms. The number of fused-ring (bicyclic) bond motifs is 3. The average Bonchev–Trinajstić information content (AvgIpc) is 3.68. The number of hydrogen-bond donors (Lipinski definition) is 1. The smallest absolute Gasteiger partial charge is 0.256 e. The predicted octanol–water partition coefficient (Wildman–Crippen LogP) is 3.35. The lowest BCUT2D eigenvalue weighted by molar-refractivity contribution is -0.133. The van der Waals surface area contributed by atoms with Gasteiger partial charge in [-0.1, -0.05) is 12.2 Å². The molecule has 1 aromatic carbocycles. The summed E-state index contributed by atoms with van der Waals surface area (Å²) in [6.45, 7) is 13.2. The van der Waals surface area contributed by atoms with E-state index < -0.39 is 5.82 Å². The maximum Gasteiger partial charge on any atom is 0.256 e. The van der Waals surface area contributed by atoms with Crippen LogP contribution in [-0.2, 0) is 4.79 Å². The number of nitrogens with zero attached hydrogens (tertiary/aromatic N) is 6. The van der Waals surface area contributed by atoms with Crippen LogP contribution in [0.5, 0.6) is 0 Å². The van der Waals surface area contributed by atoms with E-state index in [1.807, 2.05) is 30.6 Å². The zero-order valence-electron chi connectivity index (χ0n) is 23.5. The highest BCUT2D eigenvalue weighted by Crippen LogP contribution is 2.41. The van der Waals surface area contributed by atoms with Crippen LogP contribution < -0.4 is 15.1 Å². The van der Waals surface area contributed by atoms with Crippen LogP contribution in [-0.4, -0.2) is 88.5 Å². The normalized spacial score (nSPS) is 25.6. The molecular weight excluding hydrogens is 509 g/mol. The van der Waals surface area contributed by atoms with Crippen molar-refractivity contribution in [2.45, 2.75) is 64.2 Å². The van der Waals surface area contributed by atoms with Crippen LogP contribution in [0.4, 0.5) is 21.6 Å². The van der Waals surface area contributed by atoms with E-state index in [1.54, 1.807) is 17.2 Å². The molecule has 2 amide bonds. The summed E-state index contributed by atoms with van der Waals surface area (Å²) in [7, 11) is 0. The molecule has 4 aliphatic rings. The Hall–Kier alpha value is -3.53. The number of nitrogens with one attached hydrogen (secondary N) is 1. The Morgan fingerprint density at radius 1 is 1.23 bits per heavy atom. The van der Waals surface area contributed by atoms with E-state index >= 15 is 0 Å². The minimum absolute atomic E-state index is 0.0122. The number of amides is 2. The molecular formula is C30H38FN7O2. The van der Waals surface area contributed by atoms with Crippen molar-refractivity contribution >= 4 is 29.0 Å². The van der Waals surface area contributed by atoms with Crippen molar-refractivity contribution in [2.75, 3.05) is 42.5 Å². The predicted molar refractivity (Wildman–Crippen MR) is 152 cm³/mol. The second kappa shape index (κ2) is 10.5. The average molecular weight is 548 g/mol. The zero-order valence-corrected chi connectivity index (χ0v) is 23.5. The maximum absolute atomic E-state index is 14.4. The zero-order chi connectivity index (χ0) is 28.1. The second-order valence-electron chi connectivity index (χ2n) is 11.7. The van der Waals surface area contributed by atoms with Crippen LogP contribution in [0.25, 0.3) is 0 Å². The molecule has 40 heavy (non-hydrogen) atoms. The Balaban J connectivity index is 1.24. The maximum atomic E-state index is 14.4. The minimum atomic E-state index is -0.445. The van der Waals surface area contributed by atoms with Crippen molar-refractivity contribution in [3.05, 3.63) is 54.3 Å². The van der Waals surface area contributed by atoms with Gasteiger partial charge in [-0.05, 0) is 58.2 Å². The van der Waals surface area contributed by atoms with E-state index in [1.165, 1.54) is 24.0 Å². The van der Waals surface area contributed by atoms with Crippen molar-refractivity contribution in [2.24, 2.45) is 5.92 Å². The molecule has 2 saturated heterocycles. The Kier molecular flexibility index (Phi) is 6.98. The molecule has 1 saturated carbocycles. The topological polar surface area (TPSA) is 84.9 Å². The molecule has 3 aliphatic heterocycles. The minimum Gasteiger partial charge on any atom is -0.348 e. The highest BCUT2D eigenvalue weighted by Gasteiger charge is 2.47. The van der Waals surface area contributed by atoms with Crippen molar-refractivity contribution in [3.63, 3.8) is 0 Å². The molecule has 1 N–H and O–H groups in total. The lowest BCUT2D eigenvalue weighted by Gasteiger charge is -2.41. The van der Waals surface area contributed by atoms with Gasteiger partial charge >= 0.3 is 0 Å². The highest BCUT2D eigenvalue weighted by molar-refractivity contribution is 6.01. The molecule has 4 atom stereocenters. The fourth-order valence-electron chi connectivity index (χ4n) is 7.11. The Morgan fingerprint density at radius 3 is 2.77 bits per heavy atom. The summed E-state index contributed by atoms with van der Waals surface area (Å²) in [5.74, 6) is 0.554. The summed E-state index contributed by atoms with van der Waals surface area (Å²) in [6.07, 6.45) is 6.14. The highest BCUT2D eigenvalue weighted by atomic mass is 19.1. The first-order valence-corrected chi connectivity index (χ1v) is 14.4. The van der Waals surface area contributed by atoms with Crippen molar-refractivity contribution in [3.8, 4) is 0 Å². The molecule has 4 heterocycles. The number of benzene rings is 1. The molecule has 0 radical (unpaired) electrons. The summed E-state index contributed by atoms with van der Waals surface area (Å²) in [5.41, 5.74) is 2.95. The lowest BCUT2D eigenvalue weighted by atomic mass is 9.95. The fourth-order valence-corrected chi connectivity index (χ4v) is 7.11. The van der Waals surface area contributed by atoms with Crippen LogP contribution >= 0.6 is 0 Å². The van der Waals surface area contributed by atoms with Crippen LogP contribution in [0.2, 0.25) is 0 Å². The van der Waals surface area contributed by atoms with Crippen LogP contribution in [0, 0.1) is 11.7 Å². The van der Waals surface area contributed by atoms with Gasteiger partial charge in [-0.25, -0.2) is 14.4 Å². The molecule has 2 aromatic rings. The van der Waals surface area contributed by atoms with E-state index in [0.29, 0.717) is 50.0 Å². The quantitative estimate of drug-likeness (QED) is 0.556. The van der Waals surface area contributed by atoms with Gasteiger partial charge < -0.3 is 24.9 Å². The van der Waals surface area contributed by atoms with Gasteiger partial charge in [0.25, 0.3) is 5.91 Å². The van der Waals surface area contributed by atoms with Crippen LogP contribution in [0.1, 0.15) is 50.4 Å². The monoisotopic (exact) mass is 547 g/mol. The third-order valence-electron chi connectivity index (χ3n) is 9.08. The summed E-state index contributed by atoms with van der Waals surface area (Å²) < 4.78 is 14.4. The van der Waals surface area contributed by atoms with Crippen molar-refractivity contribution < 1.29 is 14.0 Å². The number of rotatable bonds is 6. The van der Waals surface area contributed by atoms with Gasteiger partial charge in [-0.15, -0.1) is 0 Å². The third kappa shape index (κ3) is 4.52. The SMILES string of the molecule is C=C1CC2C[C@H]1[C@@H](C(=O)N1CC[C@@H](N3CCN(c4ccc(F)cc4C(=O)N(CC)C(C)C)c4cncnc43)C1)N2. The fraction of sp³-hybridized carbons (Fsp3) is 0.533. The van der Waals surface area contributed by atoms with E-state index in [0.717, 1.165) is 30.8 Å². The van der Waals surface area contributed by atoms with E-state index in [4.69, 9.17) is 0 Å². The van der Waals surface area contributed by atoms with Crippen LogP contribution in [0.15, 0.2) is 42.9 Å². The molecule has 1 unspecified atom stereocenters. The third-order valence-corrected chi connectivity index (χ3v) is 9.08. The van der Waals surface area contributed by atoms with E-state index in [9.17, 15) is 14.0 Å². The number of piperidine rings is 1.